The van der Waals surface area contributed by atoms with Crippen molar-refractivity contribution in [3.05, 3.63) is 129 Å². The van der Waals surface area contributed by atoms with Crippen molar-refractivity contribution in [2.45, 2.75) is 89.4 Å². The SMILES string of the molecule is CN(C)[C@@H]1c2onc(OCc3ccccc3)c2C(=O)[C@@]2(O[Si](C)(C)C(C)(C)C)C(O)=C3C(=O)c4c(c(F)cc(/C=C/CN5CCCC5)c4OCc4ccccc4)C[C@H]3C[C@@H]12. The van der Waals surface area contributed by atoms with E-state index in [9.17, 15) is 5.11 Å². The Kier molecular flexibility index (Phi) is 11.3. The van der Waals surface area contributed by atoms with Gasteiger partial charge in [-0.05, 0) is 99.3 Å². The summed E-state index contributed by atoms with van der Waals surface area (Å²) in [7, 11) is 0.814. The number of carbonyl (C=O) groups excluding carboxylic acids is 2. The second-order valence-electron chi connectivity index (χ2n) is 18.5. The van der Waals surface area contributed by atoms with Crippen molar-refractivity contribution in [3.63, 3.8) is 0 Å². The van der Waals surface area contributed by atoms with E-state index in [-0.39, 0.29) is 59.9 Å². The minimum absolute atomic E-state index is 0.00775. The number of ketones is 2. The minimum atomic E-state index is -2.94. The van der Waals surface area contributed by atoms with Gasteiger partial charge in [-0.1, -0.05) is 93.6 Å². The Morgan fingerprint density at radius 1 is 0.983 bits per heavy atom. The van der Waals surface area contributed by atoms with E-state index in [1.54, 1.807) is 0 Å². The number of allylic oxidation sites excluding steroid dienone is 1. The number of hydrogen-bond acceptors (Lipinski definition) is 10. The molecular weight excluding hydrogens is 778 g/mol. The van der Waals surface area contributed by atoms with E-state index in [4.69, 9.17) is 18.4 Å². The highest BCUT2D eigenvalue weighted by molar-refractivity contribution is 6.74. The van der Waals surface area contributed by atoms with Crippen molar-refractivity contribution in [2.24, 2.45) is 11.8 Å². The van der Waals surface area contributed by atoms with Crippen LogP contribution >= 0.6 is 0 Å². The summed E-state index contributed by atoms with van der Waals surface area (Å²) in [5, 5.41) is 17.0. The number of rotatable bonds is 12. The first-order chi connectivity index (χ1) is 28.6. The molecule has 1 fully saturated rings. The average molecular weight is 834 g/mol. The Morgan fingerprint density at radius 2 is 1.62 bits per heavy atom. The lowest BCUT2D eigenvalue weighted by atomic mass is 9.58. The molecule has 0 saturated carbocycles. The van der Waals surface area contributed by atoms with E-state index in [2.05, 4.69) is 30.8 Å². The number of halogens is 1. The standard InChI is InChI=1S/C48H56FN3O7Si/c1-47(2,3)60(6,7)59-48-35(40(51(4)5)43-39(45(48)55)46(50-58-43)57-29-31-19-12-9-13-20-31)26-33-25-34-36(49)27-32(21-16-24-52-22-14-15-23-52)42(38(34)41(53)37(33)44(48)54)56-28-30-17-10-8-11-18-30/h8-13,16-21,27,33,35,40,54H,14-15,22-26,28-29H2,1-7H3/b21-16+/t33-,35-,40-,48-/m0/s1. The van der Waals surface area contributed by atoms with Gasteiger partial charge in [-0.2, -0.15) is 0 Å². The fourth-order valence-electron chi connectivity index (χ4n) is 9.29. The van der Waals surface area contributed by atoms with Crippen LogP contribution in [0.4, 0.5) is 4.39 Å². The van der Waals surface area contributed by atoms with Crippen LogP contribution in [0.15, 0.2) is 88.7 Å². The zero-order valence-electron chi connectivity index (χ0n) is 35.7. The van der Waals surface area contributed by atoms with E-state index < -0.39 is 60.0 Å². The molecule has 3 aliphatic carbocycles. The number of aromatic nitrogens is 1. The molecule has 8 rings (SSSR count). The van der Waals surface area contributed by atoms with Gasteiger partial charge in [0.15, 0.2) is 25.5 Å². The first kappa shape index (κ1) is 41.8. The highest BCUT2D eigenvalue weighted by atomic mass is 28.4. The monoisotopic (exact) mass is 833 g/mol. The number of hydrogen-bond donors (Lipinski definition) is 1. The van der Waals surface area contributed by atoms with Gasteiger partial charge in [0.05, 0.1) is 11.6 Å². The van der Waals surface area contributed by atoms with Gasteiger partial charge < -0.3 is 23.5 Å². The Bertz CT molecular complexity index is 2330. The number of benzene rings is 3. The quantitative estimate of drug-likeness (QED) is 0.139. The third-order valence-electron chi connectivity index (χ3n) is 13.3. The number of ether oxygens (including phenoxy) is 2. The van der Waals surface area contributed by atoms with Crippen LogP contribution in [0.1, 0.15) is 94.8 Å². The molecule has 0 bridgehead atoms. The van der Waals surface area contributed by atoms with Crippen molar-refractivity contribution < 1.29 is 37.5 Å². The average Bonchev–Trinajstić information content (AvgIpc) is 3.89. The molecule has 10 nitrogen and oxygen atoms in total. The first-order valence-corrected chi connectivity index (χ1v) is 24.0. The summed E-state index contributed by atoms with van der Waals surface area (Å²) in [5.41, 5.74) is 0.614. The smallest absolute Gasteiger partial charge is 0.265 e. The number of fused-ring (bicyclic) bond motifs is 4. The molecule has 4 aromatic rings. The molecule has 316 valence electrons. The molecule has 2 heterocycles. The molecule has 60 heavy (non-hydrogen) atoms. The third-order valence-corrected chi connectivity index (χ3v) is 17.8. The van der Waals surface area contributed by atoms with Gasteiger partial charge in [-0.15, -0.1) is 0 Å². The van der Waals surface area contributed by atoms with Gasteiger partial charge in [0.2, 0.25) is 5.78 Å². The van der Waals surface area contributed by atoms with Crippen LogP contribution in [-0.4, -0.2) is 79.3 Å². The molecule has 0 unspecified atom stereocenters. The molecule has 1 aromatic heterocycles. The summed E-state index contributed by atoms with van der Waals surface area (Å²) in [6.07, 6.45) is 6.43. The molecule has 0 amide bonds. The predicted molar refractivity (Wildman–Crippen MR) is 230 cm³/mol. The molecule has 4 aliphatic rings. The van der Waals surface area contributed by atoms with Crippen molar-refractivity contribution in [2.75, 3.05) is 33.7 Å². The fraction of sp³-hybridized carbons (Fsp3) is 0.438. The van der Waals surface area contributed by atoms with Gasteiger partial charge in [0.1, 0.15) is 36.1 Å². The largest absolute Gasteiger partial charge is 0.508 e. The van der Waals surface area contributed by atoms with Crippen LogP contribution in [0, 0.1) is 17.7 Å². The van der Waals surface area contributed by atoms with E-state index in [1.165, 1.54) is 6.07 Å². The second kappa shape index (κ2) is 16.2. The molecule has 0 spiro atoms. The van der Waals surface area contributed by atoms with Gasteiger partial charge in [0.25, 0.3) is 5.88 Å². The van der Waals surface area contributed by atoms with Crippen LogP contribution in [0.25, 0.3) is 6.08 Å². The number of aliphatic hydroxyl groups excluding tert-OH is 1. The highest BCUT2D eigenvalue weighted by Crippen LogP contribution is 2.60. The molecule has 1 N–H and O–H groups in total. The molecule has 0 radical (unpaired) electrons. The van der Waals surface area contributed by atoms with Crippen LogP contribution in [0.3, 0.4) is 0 Å². The topological polar surface area (TPSA) is 115 Å². The number of Topliss-reactive ketones (excluding diaryl/α,β-unsaturated/α-hetero) is 2. The normalized spacial score (nSPS) is 23.2. The highest BCUT2D eigenvalue weighted by Gasteiger charge is 2.67. The van der Waals surface area contributed by atoms with E-state index in [1.807, 2.05) is 105 Å². The molecule has 3 aromatic carbocycles. The maximum Gasteiger partial charge on any atom is 0.265 e. The zero-order chi connectivity index (χ0) is 42.6. The zero-order valence-corrected chi connectivity index (χ0v) is 36.7. The fourth-order valence-corrected chi connectivity index (χ4v) is 10.7. The van der Waals surface area contributed by atoms with Crippen molar-refractivity contribution >= 4 is 26.0 Å². The lowest BCUT2D eigenvalue weighted by molar-refractivity contribution is -0.0481. The number of aliphatic hydroxyl groups is 1. The van der Waals surface area contributed by atoms with Crippen LogP contribution < -0.4 is 9.47 Å². The molecular formula is C48H56FN3O7Si. The summed E-state index contributed by atoms with van der Waals surface area (Å²) in [6.45, 7) is 13.2. The third kappa shape index (κ3) is 7.35. The molecule has 1 saturated heterocycles. The van der Waals surface area contributed by atoms with Crippen molar-refractivity contribution in [1.29, 1.82) is 0 Å². The summed E-state index contributed by atoms with van der Waals surface area (Å²) < 4.78 is 42.7. The maximum absolute atomic E-state index is 16.6. The van der Waals surface area contributed by atoms with Gasteiger partial charge in [-0.25, -0.2) is 4.39 Å². The van der Waals surface area contributed by atoms with Crippen LogP contribution in [0.5, 0.6) is 11.6 Å². The molecule has 12 heteroatoms. The Morgan fingerprint density at radius 3 is 2.23 bits per heavy atom. The lowest BCUT2D eigenvalue weighted by Crippen LogP contribution is -2.65. The summed E-state index contributed by atoms with van der Waals surface area (Å²) in [4.78, 5) is 35.3. The Balaban J connectivity index is 1.29. The predicted octanol–water partition coefficient (Wildman–Crippen LogP) is 9.53. The summed E-state index contributed by atoms with van der Waals surface area (Å²) in [6, 6.07) is 20.0. The number of likely N-dealkylation sites (tertiary alicyclic amines) is 1. The molecule has 4 atom stereocenters. The van der Waals surface area contributed by atoms with Crippen molar-refractivity contribution in [3.8, 4) is 11.6 Å². The van der Waals surface area contributed by atoms with Crippen LogP contribution in [0.2, 0.25) is 18.1 Å². The van der Waals surface area contributed by atoms with Gasteiger partial charge in [0, 0.05) is 29.2 Å². The van der Waals surface area contributed by atoms with Crippen molar-refractivity contribution in [1.82, 2.24) is 15.0 Å². The second-order valence-corrected chi connectivity index (χ2v) is 23.2. The number of carbonyl (C=O) groups is 2. The van der Waals surface area contributed by atoms with Gasteiger partial charge >= 0.3 is 0 Å². The van der Waals surface area contributed by atoms with E-state index >= 15 is 14.0 Å². The molecule has 1 aliphatic heterocycles. The van der Waals surface area contributed by atoms with Gasteiger partial charge in [-0.3, -0.25) is 19.4 Å². The van der Waals surface area contributed by atoms with E-state index in [0.29, 0.717) is 17.9 Å². The summed E-state index contributed by atoms with van der Waals surface area (Å²) in [5.74, 6) is -2.91. The summed E-state index contributed by atoms with van der Waals surface area (Å²) >= 11 is 0. The lowest BCUT2D eigenvalue weighted by Gasteiger charge is -2.55. The maximum atomic E-state index is 16.6. The van der Waals surface area contributed by atoms with E-state index in [0.717, 1.165) is 37.1 Å². The Hall–Kier alpha value is -4.88. The van der Waals surface area contributed by atoms with Crippen LogP contribution in [-0.2, 0) is 24.1 Å². The first-order valence-electron chi connectivity index (χ1n) is 21.1. The minimum Gasteiger partial charge on any atom is -0.508 e. The Labute approximate surface area is 353 Å². The number of nitrogens with zero attached hydrogens (tertiary/aromatic N) is 3.